The second-order valence-corrected chi connectivity index (χ2v) is 5.38. The average Bonchev–Trinajstić information content (AvgIpc) is 2.89. The van der Waals surface area contributed by atoms with E-state index in [-0.39, 0.29) is 0 Å². The Balaban J connectivity index is 1.76. The van der Waals surface area contributed by atoms with Crippen LogP contribution in [0, 0.1) is 5.92 Å². The highest BCUT2D eigenvalue weighted by Gasteiger charge is 2.20. The maximum absolute atomic E-state index is 5.24. The molecule has 3 nitrogen and oxygen atoms in total. The topological polar surface area (TPSA) is 24.5 Å². The number of nitrogens with zero attached hydrogens (tertiary/aromatic N) is 1. The third kappa shape index (κ3) is 4.30. The van der Waals surface area contributed by atoms with Gasteiger partial charge in [0.1, 0.15) is 0 Å². The van der Waals surface area contributed by atoms with Crippen molar-refractivity contribution in [1.29, 1.82) is 0 Å². The summed E-state index contributed by atoms with van der Waals surface area (Å²) < 4.78 is 5.24. The normalized spacial score (nSPS) is 20.0. The van der Waals surface area contributed by atoms with Gasteiger partial charge in [0.05, 0.1) is 6.61 Å². The SMILES string of the molecule is CCN1CCC(CNCc2ccccc2COC)C1. The fourth-order valence-electron chi connectivity index (χ4n) is 2.80. The minimum Gasteiger partial charge on any atom is -0.380 e. The van der Waals surface area contributed by atoms with Crippen molar-refractivity contribution in [3.63, 3.8) is 0 Å². The van der Waals surface area contributed by atoms with Crippen molar-refractivity contribution in [3.05, 3.63) is 35.4 Å². The van der Waals surface area contributed by atoms with Crippen LogP contribution in [0.5, 0.6) is 0 Å². The number of benzene rings is 1. The lowest BCUT2D eigenvalue weighted by atomic mass is 10.1. The molecule has 1 atom stereocenters. The van der Waals surface area contributed by atoms with Crippen molar-refractivity contribution in [2.45, 2.75) is 26.5 Å². The quantitative estimate of drug-likeness (QED) is 0.816. The zero-order chi connectivity index (χ0) is 13.5. The van der Waals surface area contributed by atoms with Gasteiger partial charge in [0, 0.05) is 20.2 Å². The molecular formula is C16H26N2O. The Morgan fingerprint density at radius 2 is 2.11 bits per heavy atom. The van der Waals surface area contributed by atoms with Gasteiger partial charge < -0.3 is 15.0 Å². The third-order valence-corrected chi connectivity index (χ3v) is 3.98. The van der Waals surface area contributed by atoms with Crippen molar-refractivity contribution in [2.75, 3.05) is 33.3 Å². The van der Waals surface area contributed by atoms with Crippen LogP contribution in [0.4, 0.5) is 0 Å². The van der Waals surface area contributed by atoms with E-state index in [4.69, 9.17) is 4.74 Å². The van der Waals surface area contributed by atoms with Gasteiger partial charge in [-0.15, -0.1) is 0 Å². The van der Waals surface area contributed by atoms with Gasteiger partial charge in [-0.25, -0.2) is 0 Å². The molecule has 1 fully saturated rings. The first kappa shape index (κ1) is 14.5. The van der Waals surface area contributed by atoms with Crippen molar-refractivity contribution in [3.8, 4) is 0 Å². The number of nitrogens with one attached hydrogen (secondary N) is 1. The highest BCUT2D eigenvalue weighted by Crippen LogP contribution is 2.15. The summed E-state index contributed by atoms with van der Waals surface area (Å²) in [6.45, 7) is 8.72. The van der Waals surface area contributed by atoms with E-state index in [9.17, 15) is 0 Å². The smallest absolute Gasteiger partial charge is 0.0716 e. The molecule has 1 aromatic carbocycles. The Kier molecular flexibility index (Phi) is 5.83. The fraction of sp³-hybridized carbons (Fsp3) is 0.625. The summed E-state index contributed by atoms with van der Waals surface area (Å²) in [5.41, 5.74) is 2.65. The van der Waals surface area contributed by atoms with Crippen LogP contribution in [-0.4, -0.2) is 38.2 Å². The summed E-state index contributed by atoms with van der Waals surface area (Å²) in [6.07, 6.45) is 1.33. The van der Waals surface area contributed by atoms with E-state index < -0.39 is 0 Å². The second-order valence-electron chi connectivity index (χ2n) is 5.38. The molecule has 0 amide bonds. The standard InChI is InChI=1S/C16H26N2O/c1-3-18-9-8-14(12-18)10-17-11-15-6-4-5-7-16(15)13-19-2/h4-7,14,17H,3,8-13H2,1-2H3. The molecule has 1 unspecified atom stereocenters. The first-order valence-electron chi connectivity index (χ1n) is 7.32. The molecule has 1 N–H and O–H groups in total. The molecule has 0 saturated carbocycles. The first-order valence-corrected chi connectivity index (χ1v) is 7.32. The number of ether oxygens (including phenoxy) is 1. The molecule has 0 radical (unpaired) electrons. The van der Waals surface area contributed by atoms with Crippen LogP contribution < -0.4 is 5.32 Å². The van der Waals surface area contributed by atoms with E-state index in [0.717, 1.165) is 19.0 Å². The lowest BCUT2D eigenvalue weighted by Gasteiger charge is -2.15. The molecule has 2 rings (SSSR count). The fourth-order valence-corrected chi connectivity index (χ4v) is 2.80. The van der Waals surface area contributed by atoms with Crippen LogP contribution in [0.1, 0.15) is 24.5 Å². The molecular weight excluding hydrogens is 236 g/mol. The van der Waals surface area contributed by atoms with Crippen molar-refractivity contribution < 1.29 is 4.74 Å². The minimum atomic E-state index is 0.699. The van der Waals surface area contributed by atoms with Crippen LogP contribution in [0.2, 0.25) is 0 Å². The molecule has 1 heterocycles. The van der Waals surface area contributed by atoms with Gasteiger partial charge in [-0.3, -0.25) is 0 Å². The van der Waals surface area contributed by atoms with E-state index >= 15 is 0 Å². The Morgan fingerprint density at radius 3 is 2.79 bits per heavy atom. The van der Waals surface area contributed by atoms with Gasteiger partial charge in [-0.2, -0.15) is 0 Å². The lowest BCUT2D eigenvalue weighted by molar-refractivity contribution is 0.184. The summed E-state index contributed by atoms with van der Waals surface area (Å²) in [6, 6.07) is 8.52. The summed E-state index contributed by atoms with van der Waals surface area (Å²) >= 11 is 0. The number of hydrogen-bond acceptors (Lipinski definition) is 3. The van der Waals surface area contributed by atoms with E-state index in [1.807, 2.05) is 0 Å². The van der Waals surface area contributed by atoms with Gasteiger partial charge in [0.15, 0.2) is 0 Å². The zero-order valence-corrected chi connectivity index (χ0v) is 12.2. The first-order chi connectivity index (χ1) is 9.33. The van der Waals surface area contributed by atoms with Crippen LogP contribution in [0.3, 0.4) is 0 Å². The summed E-state index contributed by atoms with van der Waals surface area (Å²) in [5.74, 6) is 0.814. The molecule has 3 heteroatoms. The highest BCUT2D eigenvalue weighted by molar-refractivity contribution is 5.26. The van der Waals surface area contributed by atoms with E-state index in [1.54, 1.807) is 7.11 Å². The van der Waals surface area contributed by atoms with Gasteiger partial charge >= 0.3 is 0 Å². The second kappa shape index (κ2) is 7.63. The van der Waals surface area contributed by atoms with Crippen molar-refractivity contribution in [1.82, 2.24) is 10.2 Å². The van der Waals surface area contributed by atoms with Crippen molar-refractivity contribution >= 4 is 0 Å². The monoisotopic (exact) mass is 262 g/mol. The number of hydrogen-bond donors (Lipinski definition) is 1. The number of methoxy groups -OCH3 is 1. The van der Waals surface area contributed by atoms with E-state index in [2.05, 4.69) is 41.4 Å². The molecule has 0 aromatic heterocycles. The Labute approximate surface area is 116 Å². The maximum Gasteiger partial charge on any atom is 0.0716 e. The van der Waals surface area contributed by atoms with E-state index in [1.165, 1.54) is 37.2 Å². The number of rotatable bonds is 7. The molecule has 0 spiro atoms. The largest absolute Gasteiger partial charge is 0.380 e. The molecule has 0 bridgehead atoms. The molecule has 106 valence electrons. The van der Waals surface area contributed by atoms with Gasteiger partial charge in [-0.1, -0.05) is 31.2 Å². The summed E-state index contributed by atoms with van der Waals surface area (Å²) in [4.78, 5) is 2.53. The lowest BCUT2D eigenvalue weighted by Crippen LogP contribution is -2.26. The predicted molar refractivity (Wildman–Crippen MR) is 79.1 cm³/mol. The average molecular weight is 262 g/mol. The highest BCUT2D eigenvalue weighted by atomic mass is 16.5. The summed E-state index contributed by atoms with van der Waals surface area (Å²) in [5, 5.41) is 3.60. The molecule has 0 aliphatic carbocycles. The Bertz CT molecular complexity index is 381. The van der Waals surface area contributed by atoms with Gasteiger partial charge in [0.2, 0.25) is 0 Å². The van der Waals surface area contributed by atoms with Crippen LogP contribution in [-0.2, 0) is 17.9 Å². The molecule has 1 aliphatic heterocycles. The maximum atomic E-state index is 5.24. The predicted octanol–water partition coefficient (Wildman–Crippen LogP) is 2.26. The zero-order valence-electron chi connectivity index (χ0n) is 12.2. The van der Waals surface area contributed by atoms with Crippen LogP contribution in [0.25, 0.3) is 0 Å². The van der Waals surface area contributed by atoms with Crippen molar-refractivity contribution in [2.24, 2.45) is 5.92 Å². The van der Waals surface area contributed by atoms with Crippen LogP contribution >= 0.6 is 0 Å². The Morgan fingerprint density at radius 1 is 1.32 bits per heavy atom. The minimum absolute atomic E-state index is 0.699. The third-order valence-electron chi connectivity index (χ3n) is 3.98. The Hall–Kier alpha value is -0.900. The summed E-state index contributed by atoms with van der Waals surface area (Å²) in [7, 11) is 1.75. The molecule has 1 saturated heterocycles. The van der Waals surface area contributed by atoms with E-state index in [0.29, 0.717) is 6.61 Å². The molecule has 1 aromatic rings. The van der Waals surface area contributed by atoms with Gasteiger partial charge in [-0.05, 0) is 43.1 Å². The molecule has 19 heavy (non-hydrogen) atoms. The van der Waals surface area contributed by atoms with Gasteiger partial charge in [0.25, 0.3) is 0 Å². The van der Waals surface area contributed by atoms with Crippen LogP contribution in [0.15, 0.2) is 24.3 Å². The molecule has 1 aliphatic rings. The number of likely N-dealkylation sites (tertiary alicyclic amines) is 1.